The van der Waals surface area contributed by atoms with E-state index >= 15 is 0 Å². The van der Waals surface area contributed by atoms with Gasteiger partial charge in [-0.05, 0) is 67.1 Å². The number of benzene rings is 4. The van der Waals surface area contributed by atoms with E-state index in [1.165, 1.54) is 32.1 Å². The largest absolute Gasteiger partial charge is 0.495 e. The molecule has 1 atom stereocenters. The number of methoxy groups -OCH3 is 2. The van der Waals surface area contributed by atoms with Crippen LogP contribution in [0.4, 0.5) is 11.4 Å². The van der Waals surface area contributed by atoms with E-state index in [9.17, 15) is 14.4 Å². The zero-order valence-electron chi connectivity index (χ0n) is 24.3. The van der Waals surface area contributed by atoms with Crippen molar-refractivity contribution in [3.8, 4) is 11.5 Å². The number of carbonyl (C=O) groups excluding carboxylic acids is 3. The third kappa shape index (κ3) is 9.18. The Morgan fingerprint density at radius 1 is 0.800 bits per heavy atom. The molecule has 4 aromatic carbocycles. The highest BCUT2D eigenvalue weighted by Gasteiger charge is 2.20. The van der Waals surface area contributed by atoms with Gasteiger partial charge in [0.1, 0.15) is 17.2 Å². The molecule has 0 fully saturated rings. The van der Waals surface area contributed by atoms with Gasteiger partial charge in [-0.15, -0.1) is 11.8 Å². The number of rotatable bonds is 11. The number of anilines is 2. The first-order valence-electron chi connectivity index (χ1n) is 13.4. The molecule has 0 radical (unpaired) electrons. The Morgan fingerprint density at radius 3 is 2.22 bits per heavy atom. The van der Waals surface area contributed by atoms with Gasteiger partial charge < -0.3 is 25.4 Å². The van der Waals surface area contributed by atoms with Crippen LogP contribution in [0.25, 0.3) is 6.08 Å². The average Bonchev–Trinajstić information content (AvgIpc) is 3.02. The van der Waals surface area contributed by atoms with E-state index in [2.05, 4.69) is 16.0 Å². The third-order valence-electron chi connectivity index (χ3n) is 6.30. The minimum absolute atomic E-state index is 0.0361. The van der Waals surface area contributed by atoms with E-state index in [-0.39, 0.29) is 11.6 Å². The minimum Gasteiger partial charge on any atom is -0.495 e. The average molecular weight is 685 g/mol. The number of hydrogen-bond donors (Lipinski definition) is 3. The highest BCUT2D eigenvalue weighted by atomic mass is 35.5. The van der Waals surface area contributed by atoms with Gasteiger partial charge in [-0.3, -0.25) is 14.4 Å². The monoisotopic (exact) mass is 683 g/mol. The van der Waals surface area contributed by atoms with E-state index in [1.807, 2.05) is 6.07 Å². The van der Waals surface area contributed by atoms with E-state index in [0.717, 1.165) is 4.90 Å². The Kier molecular flexibility index (Phi) is 11.8. The van der Waals surface area contributed by atoms with E-state index < -0.39 is 17.1 Å². The molecule has 0 saturated heterocycles. The fourth-order valence-electron chi connectivity index (χ4n) is 4.01. The summed E-state index contributed by atoms with van der Waals surface area (Å²) in [6, 6.07) is 23.5. The SMILES string of the molecule is COc1cc(OC)c(NC(=O)C(C)Sc2cccc(NC(=O)/C(=C\c3ccc(Cl)cc3Cl)NC(=O)c3ccccc3)c2)cc1Cl. The molecule has 3 amide bonds. The second kappa shape index (κ2) is 15.7. The van der Waals surface area contributed by atoms with Gasteiger partial charge >= 0.3 is 0 Å². The van der Waals surface area contributed by atoms with Gasteiger partial charge in [0, 0.05) is 32.3 Å². The first-order valence-corrected chi connectivity index (χ1v) is 15.4. The molecule has 0 heterocycles. The van der Waals surface area contributed by atoms with Crippen LogP contribution in [0.15, 0.2) is 95.5 Å². The molecule has 0 aliphatic heterocycles. The second-order valence-electron chi connectivity index (χ2n) is 9.46. The third-order valence-corrected chi connectivity index (χ3v) is 8.25. The summed E-state index contributed by atoms with van der Waals surface area (Å²) in [5, 5.41) is 8.86. The van der Waals surface area contributed by atoms with Crippen molar-refractivity contribution in [2.75, 3.05) is 24.9 Å². The minimum atomic E-state index is -0.582. The van der Waals surface area contributed by atoms with Crippen molar-refractivity contribution in [3.63, 3.8) is 0 Å². The van der Waals surface area contributed by atoms with Crippen molar-refractivity contribution in [2.45, 2.75) is 17.1 Å². The van der Waals surface area contributed by atoms with Gasteiger partial charge in [0.25, 0.3) is 11.8 Å². The summed E-state index contributed by atoms with van der Waals surface area (Å²) in [6.07, 6.45) is 1.47. The molecule has 0 aliphatic rings. The maximum Gasteiger partial charge on any atom is 0.272 e. The van der Waals surface area contributed by atoms with Gasteiger partial charge in [-0.25, -0.2) is 0 Å². The van der Waals surface area contributed by atoms with Crippen LogP contribution in [0.2, 0.25) is 15.1 Å². The molecule has 0 saturated carbocycles. The summed E-state index contributed by atoms with van der Waals surface area (Å²) in [6.45, 7) is 1.75. The van der Waals surface area contributed by atoms with Gasteiger partial charge in [0.05, 0.1) is 30.2 Å². The van der Waals surface area contributed by atoms with Crippen LogP contribution in [-0.4, -0.2) is 37.2 Å². The maximum atomic E-state index is 13.5. The Balaban J connectivity index is 1.50. The molecule has 0 aromatic heterocycles. The molecular weight excluding hydrogens is 657 g/mol. The zero-order valence-corrected chi connectivity index (χ0v) is 27.4. The Hall–Kier alpha value is -4.15. The molecule has 3 N–H and O–H groups in total. The van der Waals surface area contributed by atoms with Crippen molar-refractivity contribution in [1.82, 2.24) is 5.32 Å². The number of halogens is 3. The lowest BCUT2D eigenvalue weighted by Gasteiger charge is -2.16. The zero-order chi connectivity index (χ0) is 32.5. The van der Waals surface area contributed by atoms with Crippen LogP contribution < -0.4 is 25.4 Å². The van der Waals surface area contributed by atoms with E-state index in [0.29, 0.717) is 49.1 Å². The molecule has 4 aromatic rings. The fourth-order valence-corrected chi connectivity index (χ4v) is 5.64. The van der Waals surface area contributed by atoms with Crippen LogP contribution in [0.1, 0.15) is 22.8 Å². The Labute approximate surface area is 280 Å². The standard InChI is InChI=1S/C33H28Cl3N3O5S/c1-19(31(40)38-27-17-26(36)29(43-2)18-30(27)44-3)45-24-11-7-10-23(16-24)37-33(42)28(14-21-12-13-22(34)15-25(21)35)39-32(41)20-8-5-4-6-9-20/h4-19H,1-3H3,(H,37,42)(H,38,40)(H,39,41)/b28-14+. The lowest BCUT2D eigenvalue weighted by Crippen LogP contribution is -2.30. The van der Waals surface area contributed by atoms with Crippen LogP contribution in [0.5, 0.6) is 11.5 Å². The summed E-state index contributed by atoms with van der Waals surface area (Å²) >= 11 is 19.9. The number of thioether (sulfide) groups is 1. The molecule has 8 nitrogen and oxygen atoms in total. The molecule has 0 bridgehead atoms. The summed E-state index contributed by atoms with van der Waals surface area (Å²) in [5.41, 5.74) is 1.67. The number of hydrogen-bond acceptors (Lipinski definition) is 6. The van der Waals surface area contributed by atoms with Crippen molar-refractivity contribution in [1.29, 1.82) is 0 Å². The van der Waals surface area contributed by atoms with Gasteiger partial charge in [-0.2, -0.15) is 0 Å². The van der Waals surface area contributed by atoms with E-state index in [1.54, 1.807) is 85.8 Å². The highest BCUT2D eigenvalue weighted by Crippen LogP contribution is 2.36. The normalized spacial score (nSPS) is 11.7. The van der Waals surface area contributed by atoms with Crippen molar-refractivity contribution >= 4 is 81.7 Å². The molecule has 4 rings (SSSR count). The van der Waals surface area contributed by atoms with Crippen molar-refractivity contribution in [3.05, 3.63) is 117 Å². The Morgan fingerprint density at radius 2 is 1.53 bits per heavy atom. The summed E-state index contributed by atoms with van der Waals surface area (Å²) in [5.74, 6) is -0.526. The molecule has 12 heteroatoms. The maximum absolute atomic E-state index is 13.5. The van der Waals surface area contributed by atoms with Gasteiger partial charge in [0.15, 0.2) is 0 Å². The summed E-state index contributed by atoms with van der Waals surface area (Å²) in [4.78, 5) is 40.2. The summed E-state index contributed by atoms with van der Waals surface area (Å²) in [7, 11) is 2.97. The second-order valence-corrected chi connectivity index (χ2v) is 12.1. The molecule has 1 unspecified atom stereocenters. The summed E-state index contributed by atoms with van der Waals surface area (Å²) < 4.78 is 10.6. The molecular formula is C33H28Cl3N3O5S. The smallest absolute Gasteiger partial charge is 0.272 e. The number of ether oxygens (including phenoxy) is 2. The lowest BCUT2D eigenvalue weighted by atomic mass is 10.1. The predicted molar refractivity (Wildman–Crippen MR) is 182 cm³/mol. The van der Waals surface area contributed by atoms with Crippen LogP contribution in [0, 0.1) is 0 Å². The highest BCUT2D eigenvalue weighted by molar-refractivity contribution is 8.00. The van der Waals surface area contributed by atoms with Crippen molar-refractivity contribution in [2.24, 2.45) is 0 Å². The first kappa shape index (κ1) is 33.7. The first-order chi connectivity index (χ1) is 21.6. The molecule has 0 aliphatic carbocycles. The van der Waals surface area contributed by atoms with Crippen LogP contribution >= 0.6 is 46.6 Å². The quantitative estimate of drug-likeness (QED) is 0.109. The van der Waals surface area contributed by atoms with E-state index in [4.69, 9.17) is 44.3 Å². The van der Waals surface area contributed by atoms with Crippen molar-refractivity contribution < 1.29 is 23.9 Å². The lowest BCUT2D eigenvalue weighted by molar-refractivity contribution is -0.115. The van der Waals surface area contributed by atoms with Gasteiger partial charge in [-0.1, -0.05) is 65.1 Å². The predicted octanol–water partition coefficient (Wildman–Crippen LogP) is 8.19. The van der Waals surface area contributed by atoms with Gasteiger partial charge in [0.2, 0.25) is 5.91 Å². The molecule has 45 heavy (non-hydrogen) atoms. The van der Waals surface area contributed by atoms with Crippen LogP contribution in [0.3, 0.4) is 0 Å². The fraction of sp³-hybridized carbons (Fsp3) is 0.121. The molecule has 232 valence electrons. The molecule has 0 spiro atoms. The number of carbonyl (C=O) groups is 3. The Bertz CT molecular complexity index is 1750. The van der Waals surface area contributed by atoms with Crippen LogP contribution in [-0.2, 0) is 9.59 Å². The number of amides is 3. The number of nitrogens with one attached hydrogen (secondary N) is 3. The topological polar surface area (TPSA) is 106 Å².